The molecular formula is C17H16ClN3O5. The van der Waals surface area contributed by atoms with Gasteiger partial charge in [0.25, 0.3) is 11.6 Å². The molecule has 0 aromatic heterocycles. The van der Waals surface area contributed by atoms with Crippen LogP contribution in [0.5, 0.6) is 0 Å². The topological polar surface area (TPSA) is 111 Å². The molecule has 0 unspecified atom stereocenters. The maximum atomic E-state index is 12.0. The Hall–Kier alpha value is -3.13. The van der Waals surface area contributed by atoms with E-state index in [-0.39, 0.29) is 16.9 Å². The zero-order valence-electron chi connectivity index (χ0n) is 14.0. The number of hydrogen-bond acceptors (Lipinski definition) is 6. The highest BCUT2D eigenvalue weighted by Crippen LogP contribution is 2.25. The molecule has 0 saturated heterocycles. The Balaban J connectivity index is 2.02. The fourth-order valence-corrected chi connectivity index (χ4v) is 2.34. The van der Waals surface area contributed by atoms with Crippen molar-refractivity contribution in [2.24, 2.45) is 0 Å². The van der Waals surface area contributed by atoms with Gasteiger partial charge in [0.2, 0.25) is 0 Å². The SMILES string of the molecule is CNc1ccc(C(=O)OCC(=O)Nc2cccc(Cl)c2C)cc1[N+](=O)[O-]. The maximum Gasteiger partial charge on any atom is 0.338 e. The summed E-state index contributed by atoms with van der Waals surface area (Å²) in [5.74, 6) is -1.39. The summed E-state index contributed by atoms with van der Waals surface area (Å²) in [6.45, 7) is 1.21. The van der Waals surface area contributed by atoms with Crippen LogP contribution in [-0.2, 0) is 9.53 Å². The number of nitrogens with one attached hydrogen (secondary N) is 2. The summed E-state index contributed by atoms with van der Waals surface area (Å²) in [7, 11) is 1.53. The third-order valence-corrected chi connectivity index (χ3v) is 3.99. The zero-order chi connectivity index (χ0) is 19.3. The van der Waals surface area contributed by atoms with Gasteiger partial charge in [-0.25, -0.2) is 4.79 Å². The molecule has 9 heteroatoms. The van der Waals surface area contributed by atoms with Crippen LogP contribution >= 0.6 is 11.6 Å². The number of esters is 1. The molecular weight excluding hydrogens is 362 g/mol. The van der Waals surface area contributed by atoms with E-state index in [0.717, 1.165) is 6.07 Å². The highest BCUT2D eigenvalue weighted by Gasteiger charge is 2.18. The van der Waals surface area contributed by atoms with Crippen LogP contribution in [0, 0.1) is 17.0 Å². The van der Waals surface area contributed by atoms with Crippen LogP contribution in [0.15, 0.2) is 36.4 Å². The molecule has 26 heavy (non-hydrogen) atoms. The molecule has 2 aromatic rings. The van der Waals surface area contributed by atoms with Crippen molar-refractivity contribution in [1.29, 1.82) is 0 Å². The number of anilines is 2. The molecule has 0 bridgehead atoms. The number of nitro benzene ring substituents is 1. The molecule has 0 saturated carbocycles. The molecule has 0 fully saturated rings. The fraction of sp³-hybridized carbons (Fsp3) is 0.176. The normalized spacial score (nSPS) is 10.1. The van der Waals surface area contributed by atoms with E-state index in [1.807, 2.05) is 0 Å². The number of halogens is 1. The van der Waals surface area contributed by atoms with Crippen molar-refractivity contribution in [2.45, 2.75) is 6.92 Å². The van der Waals surface area contributed by atoms with Gasteiger partial charge in [-0.3, -0.25) is 14.9 Å². The van der Waals surface area contributed by atoms with Gasteiger partial charge in [0, 0.05) is 23.8 Å². The first-order valence-corrected chi connectivity index (χ1v) is 7.89. The van der Waals surface area contributed by atoms with E-state index in [2.05, 4.69) is 10.6 Å². The molecule has 0 heterocycles. The molecule has 2 N–H and O–H groups in total. The van der Waals surface area contributed by atoms with Gasteiger partial charge >= 0.3 is 5.97 Å². The predicted octanol–water partition coefficient (Wildman–Crippen LogP) is 3.39. The summed E-state index contributed by atoms with van der Waals surface area (Å²) < 4.78 is 4.91. The fourth-order valence-electron chi connectivity index (χ4n) is 2.16. The molecule has 8 nitrogen and oxygen atoms in total. The smallest absolute Gasteiger partial charge is 0.338 e. The van der Waals surface area contributed by atoms with E-state index >= 15 is 0 Å². The number of ether oxygens (including phenoxy) is 1. The minimum Gasteiger partial charge on any atom is -0.452 e. The first-order chi connectivity index (χ1) is 12.3. The van der Waals surface area contributed by atoms with Gasteiger partial charge in [0.05, 0.1) is 10.5 Å². The Morgan fingerprint density at radius 2 is 1.96 bits per heavy atom. The van der Waals surface area contributed by atoms with Crippen LogP contribution in [0.25, 0.3) is 0 Å². The standard InChI is InChI=1S/C17H16ClN3O5/c1-10-12(18)4-3-5-13(10)20-16(22)9-26-17(23)11-6-7-14(19-2)15(8-11)21(24)25/h3-8,19H,9H2,1-2H3,(H,20,22). The average Bonchev–Trinajstić information content (AvgIpc) is 2.62. The molecule has 0 spiro atoms. The van der Waals surface area contributed by atoms with Gasteiger partial charge in [0.1, 0.15) is 5.69 Å². The van der Waals surface area contributed by atoms with Crippen molar-refractivity contribution in [3.05, 3.63) is 62.7 Å². The first-order valence-electron chi connectivity index (χ1n) is 7.51. The molecule has 0 atom stereocenters. The molecule has 2 aromatic carbocycles. The van der Waals surface area contributed by atoms with Gasteiger partial charge in [-0.1, -0.05) is 17.7 Å². The summed E-state index contributed by atoms with van der Waals surface area (Å²) in [5.41, 5.74) is 1.17. The van der Waals surface area contributed by atoms with Crippen molar-refractivity contribution in [1.82, 2.24) is 0 Å². The number of amides is 1. The summed E-state index contributed by atoms with van der Waals surface area (Å²) in [4.78, 5) is 34.4. The van der Waals surface area contributed by atoms with E-state index in [0.29, 0.717) is 16.3 Å². The van der Waals surface area contributed by atoms with Crippen molar-refractivity contribution in [2.75, 3.05) is 24.3 Å². The summed E-state index contributed by atoms with van der Waals surface area (Å²) >= 11 is 5.97. The molecule has 0 aliphatic heterocycles. The minimum atomic E-state index is -0.839. The third-order valence-electron chi connectivity index (χ3n) is 3.58. The lowest BCUT2D eigenvalue weighted by Gasteiger charge is -2.10. The van der Waals surface area contributed by atoms with Crippen LogP contribution in [0.4, 0.5) is 17.1 Å². The van der Waals surface area contributed by atoms with Crippen molar-refractivity contribution in [3.8, 4) is 0 Å². The number of hydrogen-bond donors (Lipinski definition) is 2. The Labute approximate surface area is 154 Å². The highest BCUT2D eigenvalue weighted by molar-refractivity contribution is 6.31. The quantitative estimate of drug-likeness (QED) is 0.453. The molecule has 0 aliphatic carbocycles. The van der Waals surface area contributed by atoms with Crippen molar-refractivity contribution >= 4 is 40.5 Å². The van der Waals surface area contributed by atoms with Crippen molar-refractivity contribution in [3.63, 3.8) is 0 Å². The monoisotopic (exact) mass is 377 g/mol. The van der Waals surface area contributed by atoms with Gasteiger partial charge in [0.15, 0.2) is 6.61 Å². The number of carbonyl (C=O) groups excluding carboxylic acids is 2. The maximum absolute atomic E-state index is 12.0. The van der Waals surface area contributed by atoms with E-state index in [4.69, 9.17) is 16.3 Å². The predicted molar refractivity (Wildman–Crippen MR) is 97.7 cm³/mol. The van der Waals surface area contributed by atoms with Gasteiger partial charge in [-0.2, -0.15) is 0 Å². The van der Waals surface area contributed by atoms with Crippen LogP contribution in [0.1, 0.15) is 15.9 Å². The molecule has 0 radical (unpaired) electrons. The second kappa shape index (κ2) is 8.30. The van der Waals surface area contributed by atoms with E-state index in [9.17, 15) is 19.7 Å². The number of nitrogens with zero attached hydrogens (tertiary/aromatic N) is 1. The van der Waals surface area contributed by atoms with Gasteiger partial charge < -0.3 is 15.4 Å². The second-order valence-corrected chi connectivity index (χ2v) is 5.68. The highest BCUT2D eigenvalue weighted by atomic mass is 35.5. The van der Waals surface area contributed by atoms with E-state index < -0.39 is 23.4 Å². The van der Waals surface area contributed by atoms with Crippen LogP contribution in [0.3, 0.4) is 0 Å². The largest absolute Gasteiger partial charge is 0.452 e. The van der Waals surface area contributed by atoms with E-state index in [1.165, 1.54) is 19.2 Å². The number of nitro groups is 1. The minimum absolute atomic E-state index is 0.0255. The van der Waals surface area contributed by atoms with Gasteiger partial charge in [-0.05, 0) is 36.8 Å². The lowest BCUT2D eigenvalue weighted by Crippen LogP contribution is -2.21. The molecule has 136 valence electrons. The molecule has 1 amide bonds. The second-order valence-electron chi connectivity index (χ2n) is 5.28. The Morgan fingerprint density at radius 3 is 2.62 bits per heavy atom. The summed E-state index contributed by atoms with van der Waals surface area (Å²) in [5, 5.41) is 16.8. The van der Waals surface area contributed by atoms with Gasteiger partial charge in [-0.15, -0.1) is 0 Å². The Bertz CT molecular complexity index is 869. The van der Waals surface area contributed by atoms with E-state index in [1.54, 1.807) is 25.1 Å². The molecule has 2 rings (SSSR count). The Morgan fingerprint density at radius 1 is 1.23 bits per heavy atom. The third kappa shape index (κ3) is 4.48. The average molecular weight is 378 g/mol. The lowest BCUT2D eigenvalue weighted by atomic mass is 10.1. The number of rotatable bonds is 6. The number of carbonyl (C=O) groups is 2. The Kier molecular flexibility index (Phi) is 6.13. The zero-order valence-corrected chi connectivity index (χ0v) is 14.8. The molecule has 0 aliphatic rings. The number of benzene rings is 2. The lowest BCUT2D eigenvalue weighted by molar-refractivity contribution is -0.384. The first kappa shape index (κ1) is 19.2. The van der Waals surface area contributed by atoms with Crippen LogP contribution in [0.2, 0.25) is 5.02 Å². The van der Waals surface area contributed by atoms with Crippen LogP contribution in [-0.4, -0.2) is 30.5 Å². The summed E-state index contributed by atoms with van der Waals surface area (Å²) in [6.07, 6.45) is 0. The van der Waals surface area contributed by atoms with Crippen molar-refractivity contribution < 1.29 is 19.2 Å². The van der Waals surface area contributed by atoms with Crippen LogP contribution < -0.4 is 10.6 Å². The summed E-state index contributed by atoms with van der Waals surface area (Å²) in [6, 6.07) is 8.89.